The number of carboxylic acid groups (broad SMARTS) is 1. The van der Waals surface area contributed by atoms with Crippen LogP contribution in [-0.4, -0.2) is 45.4 Å². The first-order chi connectivity index (χ1) is 24.3. The molecule has 0 spiro atoms. The number of nitrogens with one attached hydrogen (secondary N) is 1. The van der Waals surface area contributed by atoms with Gasteiger partial charge in [0.1, 0.15) is 11.9 Å². The van der Waals surface area contributed by atoms with Crippen molar-refractivity contribution >= 4 is 17.7 Å². The second-order valence-corrected chi connectivity index (χ2v) is 20.5. The van der Waals surface area contributed by atoms with E-state index >= 15 is 0 Å². The average Bonchev–Trinajstić information content (AvgIpc) is 3.79. The van der Waals surface area contributed by atoms with Crippen LogP contribution < -0.4 is 5.32 Å². The predicted octanol–water partition coefficient (Wildman–Crippen LogP) is 8.84. The van der Waals surface area contributed by atoms with E-state index in [0.29, 0.717) is 30.0 Å². The highest BCUT2D eigenvalue weighted by Gasteiger charge is 2.70. The standard InChI is InChI=1S/C44H65N3O5/c1-27(2)34-29(48)25-43(21-24-47-44(19-20-44)36-45-22-10-23-46-36)18-17-41(8)28(35(34)43)11-12-31-40(7)15-14-32(52-33(49)26-38(3,4)37(50)51)39(5,6)30(40)13-16-42(31,41)9/h10,22-23,27-28,30-32,47H,11-21,24-26H2,1-9H3,(H,50,51)/t28-,30?,31?,32+,40+,41-,42-,43-/m1/s1. The zero-order valence-corrected chi connectivity index (χ0v) is 33.5. The van der Waals surface area contributed by atoms with E-state index in [1.165, 1.54) is 12.0 Å². The van der Waals surface area contributed by atoms with Crippen LogP contribution >= 0.6 is 0 Å². The molecule has 1 aromatic heterocycles. The second kappa shape index (κ2) is 12.5. The maximum absolute atomic E-state index is 14.1. The fourth-order valence-electron chi connectivity index (χ4n) is 13.6. The molecule has 5 saturated carbocycles. The molecule has 0 aliphatic heterocycles. The number of carbonyl (C=O) groups excluding carboxylic acids is 2. The predicted molar refractivity (Wildman–Crippen MR) is 201 cm³/mol. The molecule has 52 heavy (non-hydrogen) atoms. The number of rotatable bonds is 10. The van der Waals surface area contributed by atoms with E-state index in [-0.39, 0.29) is 51.1 Å². The smallest absolute Gasteiger partial charge is 0.309 e. The first-order valence-corrected chi connectivity index (χ1v) is 20.5. The number of carboxylic acids is 1. The summed E-state index contributed by atoms with van der Waals surface area (Å²) >= 11 is 0. The molecule has 2 N–H and O–H groups in total. The molecular formula is C44H65N3O5. The van der Waals surface area contributed by atoms with Crippen molar-refractivity contribution in [2.45, 2.75) is 157 Å². The van der Waals surface area contributed by atoms with Gasteiger partial charge < -0.3 is 15.2 Å². The van der Waals surface area contributed by atoms with Crippen molar-refractivity contribution in [3.8, 4) is 0 Å². The van der Waals surface area contributed by atoms with Gasteiger partial charge in [0, 0.05) is 29.6 Å². The Morgan fingerprint density at radius 1 is 0.923 bits per heavy atom. The van der Waals surface area contributed by atoms with E-state index in [9.17, 15) is 19.5 Å². The van der Waals surface area contributed by atoms with Gasteiger partial charge in [-0.05, 0) is 143 Å². The fraction of sp³-hybridized carbons (Fsp3) is 0.795. The molecule has 8 heteroatoms. The van der Waals surface area contributed by atoms with Crippen LogP contribution in [0.4, 0.5) is 0 Å². The van der Waals surface area contributed by atoms with Crippen LogP contribution in [0.15, 0.2) is 29.6 Å². The summed E-state index contributed by atoms with van der Waals surface area (Å²) in [6.07, 6.45) is 15.7. The molecule has 1 aromatic rings. The number of esters is 1. The third kappa shape index (κ3) is 5.56. The Labute approximate surface area is 312 Å². The molecule has 1 heterocycles. The van der Waals surface area contributed by atoms with Gasteiger partial charge in [0.2, 0.25) is 0 Å². The van der Waals surface area contributed by atoms with Crippen molar-refractivity contribution < 1.29 is 24.2 Å². The highest BCUT2D eigenvalue weighted by molar-refractivity contribution is 6.00. The third-order valence-electron chi connectivity index (χ3n) is 16.8. The molecule has 8 nitrogen and oxygen atoms in total. The Morgan fingerprint density at radius 2 is 1.62 bits per heavy atom. The summed E-state index contributed by atoms with van der Waals surface area (Å²) in [5.41, 5.74) is 1.51. The number of fused-ring (bicyclic) bond motifs is 7. The van der Waals surface area contributed by atoms with E-state index in [4.69, 9.17) is 4.74 Å². The molecule has 6 aliphatic rings. The number of Topliss-reactive ketones (excluding diaryl/α,β-unsaturated/α-hetero) is 1. The van der Waals surface area contributed by atoms with Gasteiger partial charge in [0.15, 0.2) is 5.78 Å². The monoisotopic (exact) mass is 715 g/mol. The topological polar surface area (TPSA) is 118 Å². The van der Waals surface area contributed by atoms with E-state index in [0.717, 1.165) is 82.2 Å². The molecule has 6 aliphatic carbocycles. The average molecular weight is 716 g/mol. The maximum atomic E-state index is 14.1. The van der Waals surface area contributed by atoms with Gasteiger partial charge in [-0.2, -0.15) is 0 Å². The lowest BCUT2D eigenvalue weighted by Crippen LogP contribution is -2.65. The van der Waals surface area contributed by atoms with Gasteiger partial charge in [-0.3, -0.25) is 14.4 Å². The number of hydrogen-bond acceptors (Lipinski definition) is 7. The van der Waals surface area contributed by atoms with Crippen LogP contribution in [-0.2, 0) is 24.7 Å². The second-order valence-electron chi connectivity index (χ2n) is 20.5. The third-order valence-corrected chi connectivity index (χ3v) is 16.8. The van der Waals surface area contributed by atoms with Crippen molar-refractivity contribution in [3.05, 3.63) is 35.4 Å². The number of ketones is 1. The minimum Gasteiger partial charge on any atom is -0.481 e. The Bertz CT molecular complexity index is 1650. The van der Waals surface area contributed by atoms with Crippen LogP contribution in [0.5, 0.6) is 0 Å². The van der Waals surface area contributed by atoms with Gasteiger partial charge in [-0.1, -0.05) is 54.0 Å². The molecule has 8 atom stereocenters. The van der Waals surface area contributed by atoms with E-state index in [2.05, 4.69) is 63.8 Å². The molecule has 2 unspecified atom stereocenters. The summed E-state index contributed by atoms with van der Waals surface area (Å²) < 4.78 is 6.19. The van der Waals surface area contributed by atoms with Crippen molar-refractivity contribution in [1.29, 1.82) is 0 Å². The summed E-state index contributed by atoms with van der Waals surface area (Å²) in [5, 5.41) is 13.5. The highest BCUT2D eigenvalue weighted by Crippen LogP contribution is 2.77. The van der Waals surface area contributed by atoms with Crippen molar-refractivity contribution in [3.63, 3.8) is 0 Å². The minimum atomic E-state index is -1.15. The first kappa shape index (κ1) is 37.7. The number of hydrogen-bond donors (Lipinski definition) is 2. The maximum Gasteiger partial charge on any atom is 0.309 e. The SMILES string of the molecule is CC(C)C1=C2[C@H]3CCC4[C@@]5(C)CC[C@H](OC(=O)CC(C)(C)C(=O)O)C(C)(C)C5CC[C@@]4(C)[C@]3(C)CC[C@@]2(CCNC2(c3ncccn3)CC2)CC1=O. The zero-order chi connectivity index (χ0) is 37.7. The van der Waals surface area contributed by atoms with Crippen molar-refractivity contribution in [1.82, 2.24) is 15.3 Å². The molecule has 0 amide bonds. The summed E-state index contributed by atoms with van der Waals surface area (Å²) in [7, 11) is 0. The van der Waals surface area contributed by atoms with Crippen molar-refractivity contribution in [2.75, 3.05) is 6.54 Å². The number of aliphatic carboxylic acids is 1. The van der Waals surface area contributed by atoms with E-state index in [1.54, 1.807) is 13.8 Å². The number of allylic oxidation sites excluding steroid dienone is 2. The van der Waals surface area contributed by atoms with Gasteiger partial charge in [0.05, 0.1) is 17.4 Å². The Morgan fingerprint density at radius 3 is 2.25 bits per heavy atom. The highest BCUT2D eigenvalue weighted by atomic mass is 16.5. The summed E-state index contributed by atoms with van der Waals surface area (Å²) in [4.78, 5) is 48.1. The number of carbonyl (C=O) groups is 3. The Hall–Kier alpha value is -2.61. The van der Waals surface area contributed by atoms with Crippen molar-refractivity contribution in [2.24, 2.45) is 56.2 Å². The van der Waals surface area contributed by atoms with Crippen LogP contribution in [0, 0.1) is 56.2 Å². The van der Waals surface area contributed by atoms with Gasteiger partial charge in [-0.15, -0.1) is 0 Å². The van der Waals surface area contributed by atoms with Gasteiger partial charge in [0.25, 0.3) is 0 Å². The molecule has 0 saturated heterocycles. The molecule has 0 bridgehead atoms. The lowest BCUT2D eigenvalue weighted by Gasteiger charge is -2.72. The summed E-state index contributed by atoms with van der Waals surface area (Å²) in [6, 6.07) is 1.88. The molecular weight excluding hydrogens is 651 g/mol. The number of aromatic nitrogens is 2. The van der Waals surface area contributed by atoms with Crippen LogP contribution in [0.25, 0.3) is 0 Å². The molecule has 0 aromatic carbocycles. The first-order valence-electron chi connectivity index (χ1n) is 20.5. The normalized spacial score (nSPS) is 38.9. The molecule has 0 radical (unpaired) electrons. The van der Waals surface area contributed by atoms with Crippen LogP contribution in [0.3, 0.4) is 0 Å². The summed E-state index contributed by atoms with van der Waals surface area (Å²) in [6.45, 7) is 20.9. The number of ether oxygens (including phenoxy) is 1. The zero-order valence-electron chi connectivity index (χ0n) is 33.5. The van der Waals surface area contributed by atoms with Gasteiger partial charge >= 0.3 is 11.9 Å². The lowest BCUT2D eigenvalue weighted by atomic mass is 9.33. The van der Waals surface area contributed by atoms with Gasteiger partial charge in [-0.25, -0.2) is 9.97 Å². The minimum absolute atomic E-state index is 0.0646. The number of nitrogens with zero attached hydrogens (tertiary/aromatic N) is 2. The van der Waals surface area contributed by atoms with Crippen LogP contribution in [0.1, 0.15) is 152 Å². The van der Waals surface area contributed by atoms with E-state index in [1.807, 2.05) is 18.5 Å². The largest absolute Gasteiger partial charge is 0.481 e. The lowest BCUT2D eigenvalue weighted by molar-refractivity contribution is -0.233. The molecule has 286 valence electrons. The van der Waals surface area contributed by atoms with E-state index < -0.39 is 17.4 Å². The van der Waals surface area contributed by atoms with Crippen LogP contribution in [0.2, 0.25) is 0 Å². The quantitative estimate of drug-likeness (QED) is 0.231. The molecule has 7 rings (SSSR count). The fourth-order valence-corrected chi connectivity index (χ4v) is 13.6. The Balaban J connectivity index is 1.13. The summed E-state index contributed by atoms with van der Waals surface area (Å²) in [5.74, 6) is 1.53. The Kier molecular flexibility index (Phi) is 9.03. The molecule has 5 fully saturated rings.